The number of halogens is 1. The van der Waals surface area contributed by atoms with Gasteiger partial charge in [0.05, 0.1) is 5.75 Å². The lowest BCUT2D eigenvalue weighted by molar-refractivity contribution is 0.431. The fourth-order valence-corrected chi connectivity index (χ4v) is 3.48. The third-order valence-electron chi connectivity index (χ3n) is 3.74. The van der Waals surface area contributed by atoms with E-state index >= 15 is 0 Å². The minimum atomic E-state index is 0. The maximum absolute atomic E-state index is 4.44. The molecule has 3 heterocycles. The highest BCUT2D eigenvalue weighted by Gasteiger charge is 2.23. The molecule has 1 aliphatic heterocycles. The molecule has 0 saturated carbocycles. The molecule has 0 aliphatic carbocycles. The predicted octanol–water partition coefficient (Wildman–Crippen LogP) is 2.07. The van der Waals surface area contributed by atoms with Gasteiger partial charge in [0.25, 0.3) is 0 Å². The van der Waals surface area contributed by atoms with Crippen molar-refractivity contribution in [3.05, 3.63) is 30.1 Å². The average Bonchev–Trinajstić information content (AvgIpc) is 3.13. The van der Waals surface area contributed by atoms with Gasteiger partial charge in [-0.3, -0.25) is 5.10 Å². The van der Waals surface area contributed by atoms with Crippen LogP contribution in [0.15, 0.2) is 17.8 Å². The van der Waals surface area contributed by atoms with E-state index in [9.17, 15) is 0 Å². The number of aromatic amines is 1. The number of aromatic nitrogens is 6. The molecule has 0 atom stereocenters. The molecule has 3 rings (SSSR count). The van der Waals surface area contributed by atoms with Crippen molar-refractivity contribution in [2.24, 2.45) is 0 Å². The molecular weight excluding hydrogens is 334 g/mol. The largest absolute Gasteiger partial charge is 0.317 e. The number of aryl methyl sites for hydroxylation is 1. The van der Waals surface area contributed by atoms with E-state index in [-0.39, 0.29) is 12.4 Å². The predicted molar refractivity (Wildman–Crippen MR) is 93.0 cm³/mol. The fourth-order valence-electron chi connectivity index (χ4n) is 2.67. The monoisotopic (exact) mass is 355 g/mol. The molecular formula is C14H22ClN7S. The molecule has 7 nitrogen and oxygen atoms in total. The zero-order chi connectivity index (χ0) is 15.4. The van der Waals surface area contributed by atoms with Crippen molar-refractivity contribution >= 4 is 24.2 Å². The second kappa shape index (κ2) is 8.47. The molecule has 0 spiro atoms. The first-order chi connectivity index (χ1) is 10.8. The molecule has 23 heavy (non-hydrogen) atoms. The first-order valence-corrected chi connectivity index (χ1v) is 8.52. The number of hydrogen-bond acceptors (Lipinski definition) is 6. The van der Waals surface area contributed by atoms with Gasteiger partial charge in [0, 0.05) is 12.5 Å². The minimum absolute atomic E-state index is 0. The summed E-state index contributed by atoms with van der Waals surface area (Å²) in [6, 6.07) is 0. The maximum Gasteiger partial charge on any atom is 0.191 e. The van der Waals surface area contributed by atoms with Crippen LogP contribution in [0.4, 0.5) is 0 Å². The third-order valence-corrected chi connectivity index (χ3v) is 4.70. The van der Waals surface area contributed by atoms with Crippen LogP contribution >= 0.6 is 24.2 Å². The van der Waals surface area contributed by atoms with Crippen LogP contribution in [-0.4, -0.2) is 43.0 Å². The van der Waals surface area contributed by atoms with Gasteiger partial charge in [-0.25, -0.2) is 4.98 Å². The van der Waals surface area contributed by atoms with Crippen LogP contribution < -0.4 is 5.32 Å². The van der Waals surface area contributed by atoms with E-state index in [2.05, 4.69) is 41.8 Å². The van der Waals surface area contributed by atoms with Gasteiger partial charge in [0.1, 0.15) is 11.6 Å². The smallest absolute Gasteiger partial charge is 0.191 e. The Balaban J connectivity index is 0.00000192. The van der Waals surface area contributed by atoms with Crippen molar-refractivity contribution in [1.29, 1.82) is 0 Å². The lowest BCUT2D eigenvalue weighted by Crippen LogP contribution is -2.28. The van der Waals surface area contributed by atoms with Crippen LogP contribution in [0.5, 0.6) is 0 Å². The van der Waals surface area contributed by atoms with Crippen molar-refractivity contribution in [2.75, 3.05) is 13.1 Å². The Hall–Kier alpha value is -1.38. The van der Waals surface area contributed by atoms with Crippen LogP contribution in [0.2, 0.25) is 0 Å². The quantitative estimate of drug-likeness (QED) is 0.609. The van der Waals surface area contributed by atoms with Crippen molar-refractivity contribution in [2.45, 2.75) is 43.1 Å². The summed E-state index contributed by atoms with van der Waals surface area (Å²) < 4.78 is 2.17. The highest BCUT2D eigenvalue weighted by molar-refractivity contribution is 7.98. The summed E-state index contributed by atoms with van der Waals surface area (Å²) in [5, 5.41) is 20.1. The number of hydrogen-bond donors (Lipinski definition) is 2. The molecule has 2 aromatic heterocycles. The zero-order valence-corrected chi connectivity index (χ0v) is 14.8. The second-order valence-electron chi connectivity index (χ2n) is 5.39. The van der Waals surface area contributed by atoms with E-state index in [4.69, 9.17) is 0 Å². The Labute approximate surface area is 146 Å². The number of allylic oxidation sites excluding steroid dienone is 1. The average molecular weight is 356 g/mol. The van der Waals surface area contributed by atoms with E-state index in [0.717, 1.165) is 55.1 Å². The molecule has 0 amide bonds. The minimum Gasteiger partial charge on any atom is -0.317 e. The number of rotatable bonds is 6. The Morgan fingerprint density at radius 3 is 2.78 bits per heavy atom. The van der Waals surface area contributed by atoms with Crippen molar-refractivity contribution in [3.63, 3.8) is 0 Å². The molecule has 0 aromatic carbocycles. The number of thioether (sulfide) groups is 1. The summed E-state index contributed by atoms with van der Waals surface area (Å²) in [6.07, 6.45) is 4.12. The SMILES string of the molecule is C=CCn1c(SCc2n[nH]c(C)n2)nnc1C1CCNCC1.Cl. The van der Waals surface area contributed by atoms with E-state index in [1.165, 1.54) is 0 Å². The highest BCUT2D eigenvalue weighted by atomic mass is 35.5. The standard InChI is InChI=1S/C14H21N7S.ClH/c1-3-8-21-13(11-4-6-15-7-5-11)19-20-14(21)22-9-12-16-10(2)17-18-12;/h3,11,15H,1,4-9H2,2H3,(H,16,17,18);1H. The molecule has 0 bridgehead atoms. The van der Waals surface area contributed by atoms with Gasteiger partial charge < -0.3 is 9.88 Å². The summed E-state index contributed by atoms with van der Waals surface area (Å²) in [5.74, 6) is 3.87. The Morgan fingerprint density at radius 1 is 1.35 bits per heavy atom. The van der Waals surface area contributed by atoms with Gasteiger partial charge in [-0.05, 0) is 32.9 Å². The Bertz CT molecular complexity index is 633. The second-order valence-corrected chi connectivity index (χ2v) is 6.33. The first-order valence-electron chi connectivity index (χ1n) is 7.53. The first kappa shape index (κ1) is 18.0. The number of nitrogens with one attached hydrogen (secondary N) is 2. The molecule has 2 N–H and O–H groups in total. The third kappa shape index (κ3) is 4.33. The summed E-state index contributed by atoms with van der Waals surface area (Å²) >= 11 is 1.62. The number of nitrogens with zero attached hydrogens (tertiary/aromatic N) is 5. The molecule has 1 saturated heterocycles. The summed E-state index contributed by atoms with van der Waals surface area (Å²) in [7, 11) is 0. The lowest BCUT2D eigenvalue weighted by Gasteiger charge is -2.22. The number of H-pyrrole nitrogens is 1. The molecule has 0 radical (unpaired) electrons. The molecule has 126 valence electrons. The van der Waals surface area contributed by atoms with Gasteiger partial charge in [-0.15, -0.1) is 29.2 Å². The van der Waals surface area contributed by atoms with Gasteiger partial charge in [0.15, 0.2) is 11.0 Å². The maximum atomic E-state index is 4.44. The molecule has 1 fully saturated rings. The van der Waals surface area contributed by atoms with Crippen LogP contribution in [-0.2, 0) is 12.3 Å². The Kier molecular flexibility index (Phi) is 6.61. The van der Waals surface area contributed by atoms with Crippen molar-refractivity contribution < 1.29 is 0 Å². The van der Waals surface area contributed by atoms with Crippen molar-refractivity contribution in [3.8, 4) is 0 Å². The van der Waals surface area contributed by atoms with E-state index in [1.54, 1.807) is 11.8 Å². The molecule has 9 heteroatoms. The van der Waals surface area contributed by atoms with Crippen LogP contribution in [0.25, 0.3) is 0 Å². The van der Waals surface area contributed by atoms with Crippen LogP contribution in [0.1, 0.15) is 36.2 Å². The van der Waals surface area contributed by atoms with E-state index in [0.29, 0.717) is 11.7 Å². The normalized spacial score (nSPS) is 15.3. The van der Waals surface area contributed by atoms with Crippen LogP contribution in [0, 0.1) is 6.92 Å². The summed E-state index contributed by atoms with van der Waals surface area (Å²) in [5.41, 5.74) is 0. The Morgan fingerprint density at radius 2 is 2.13 bits per heavy atom. The van der Waals surface area contributed by atoms with Gasteiger partial charge in [0.2, 0.25) is 0 Å². The van der Waals surface area contributed by atoms with E-state index < -0.39 is 0 Å². The molecule has 1 aliphatic rings. The van der Waals surface area contributed by atoms with Gasteiger partial charge >= 0.3 is 0 Å². The molecule has 0 unspecified atom stereocenters. The van der Waals surface area contributed by atoms with Crippen LogP contribution in [0.3, 0.4) is 0 Å². The highest BCUT2D eigenvalue weighted by Crippen LogP contribution is 2.28. The zero-order valence-electron chi connectivity index (χ0n) is 13.2. The van der Waals surface area contributed by atoms with Gasteiger partial charge in [-0.1, -0.05) is 17.8 Å². The van der Waals surface area contributed by atoms with Crippen molar-refractivity contribution in [1.82, 2.24) is 35.3 Å². The molecule has 2 aromatic rings. The summed E-state index contributed by atoms with van der Waals surface area (Å²) in [4.78, 5) is 4.32. The fraction of sp³-hybridized carbons (Fsp3) is 0.571. The topological polar surface area (TPSA) is 84.3 Å². The lowest BCUT2D eigenvalue weighted by atomic mass is 9.97. The van der Waals surface area contributed by atoms with Gasteiger partial charge in [-0.2, -0.15) is 5.10 Å². The summed E-state index contributed by atoms with van der Waals surface area (Å²) in [6.45, 7) is 8.59. The van der Waals surface area contributed by atoms with E-state index in [1.807, 2.05) is 13.0 Å². The number of piperidine rings is 1.